The summed E-state index contributed by atoms with van der Waals surface area (Å²) in [5.41, 5.74) is 0.0473. The third-order valence-electron chi connectivity index (χ3n) is 5.20. The summed E-state index contributed by atoms with van der Waals surface area (Å²) in [4.78, 5) is 4.48. The molecule has 1 saturated carbocycles. The van der Waals surface area contributed by atoms with E-state index in [1.165, 1.54) is 0 Å². The van der Waals surface area contributed by atoms with E-state index < -0.39 is 9.84 Å². The Morgan fingerprint density at radius 1 is 1.29 bits per heavy atom. The smallest absolute Gasteiger partial charge is 0.191 e. The molecule has 6 nitrogen and oxygen atoms in total. The average Bonchev–Trinajstić information content (AvgIpc) is 2.84. The van der Waals surface area contributed by atoms with Crippen molar-refractivity contribution in [1.29, 1.82) is 0 Å². The summed E-state index contributed by atoms with van der Waals surface area (Å²) in [5, 5.41) is 6.78. The Kier molecular flexibility index (Phi) is 6.53. The predicted molar refractivity (Wildman–Crippen MR) is 98.1 cm³/mol. The molecule has 2 fully saturated rings. The predicted octanol–water partition coefficient (Wildman–Crippen LogP) is 1.71. The first kappa shape index (κ1) is 19.5. The van der Waals surface area contributed by atoms with Crippen LogP contribution in [0.2, 0.25) is 0 Å². The highest BCUT2D eigenvalue weighted by Gasteiger charge is 2.49. The van der Waals surface area contributed by atoms with Crippen LogP contribution in [-0.2, 0) is 14.6 Å². The number of sulfone groups is 1. The van der Waals surface area contributed by atoms with Crippen LogP contribution in [-0.4, -0.2) is 57.2 Å². The van der Waals surface area contributed by atoms with Gasteiger partial charge in [-0.25, -0.2) is 8.42 Å². The van der Waals surface area contributed by atoms with Crippen molar-refractivity contribution < 1.29 is 13.2 Å². The summed E-state index contributed by atoms with van der Waals surface area (Å²) in [5.74, 6) is 1.20. The van der Waals surface area contributed by atoms with Crippen molar-refractivity contribution in [3.8, 4) is 0 Å². The van der Waals surface area contributed by atoms with Gasteiger partial charge < -0.3 is 15.4 Å². The zero-order chi connectivity index (χ0) is 17.8. The molecule has 0 aromatic rings. The largest absolute Gasteiger partial charge is 0.378 e. The lowest BCUT2D eigenvalue weighted by Crippen LogP contribution is -2.64. The van der Waals surface area contributed by atoms with Gasteiger partial charge in [-0.05, 0) is 26.2 Å². The normalized spacial score (nSPS) is 31.5. The lowest BCUT2D eigenvalue weighted by atomic mass is 9.64. The molecule has 0 radical (unpaired) electrons. The molecular weight excluding hydrogens is 326 g/mol. The molecule has 3 unspecified atom stereocenters. The number of unbranched alkanes of at least 4 members (excludes halogenated alkanes) is 1. The summed E-state index contributed by atoms with van der Waals surface area (Å²) in [6.45, 7) is 10.1. The standard InChI is InChI=1S/C17H33N3O3S/c1-5-7-9-23-15-11-14(17(15,3)4)20-16(18-6-2)19-13-8-10-24(21,22)12-13/h13-15H,5-12H2,1-4H3,(H2,18,19,20). The molecule has 140 valence electrons. The van der Waals surface area contributed by atoms with Crippen LogP contribution in [0.4, 0.5) is 0 Å². The molecule has 1 aliphatic carbocycles. The van der Waals surface area contributed by atoms with Crippen molar-refractivity contribution in [2.24, 2.45) is 10.4 Å². The van der Waals surface area contributed by atoms with Crippen LogP contribution in [0.1, 0.15) is 53.4 Å². The molecule has 24 heavy (non-hydrogen) atoms. The zero-order valence-electron chi connectivity index (χ0n) is 15.5. The minimum absolute atomic E-state index is 0.0346. The highest BCUT2D eigenvalue weighted by molar-refractivity contribution is 7.91. The molecule has 0 spiro atoms. The van der Waals surface area contributed by atoms with E-state index in [9.17, 15) is 8.42 Å². The van der Waals surface area contributed by atoms with E-state index in [2.05, 4.69) is 36.4 Å². The minimum atomic E-state index is -2.89. The molecular formula is C17H33N3O3S. The van der Waals surface area contributed by atoms with Crippen LogP contribution >= 0.6 is 0 Å². The number of nitrogens with one attached hydrogen (secondary N) is 2. The topological polar surface area (TPSA) is 79.8 Å². The van der Waals surface area contributed by atoms with E-state index >= 15 is 0 Å². The van der Waals surface area contributed by atoms with E-state index in [1.54, 1.807) is 0 Å². The fourth-order valence-corrected chi connectivity index (χ4v) is 5.01. The minimum Gasteiger partial charge on any atom is -0.378 e. The van der Waals surface area contributed by atoms with E-state index in [4.69, 9.17) is 4.74 Å². The van der Waals surface area contributed by atoms with Crippen molar-refractivity contribution in [3.63, 3.8) is 0 Å². The van der Waals surface area contributed by atoms with Crippen LogP contribution in [0.25, 0.3) is 0 Å². The number of guanidine groups is 1. The number of aliphatic imine (C=N–C) groups is 1. The molecule has 3 atom stereocenters. The Labute approximate surface area is 146 Å². The molecule has 2 aliphatic rings. The Balaban J connectivity index is 1.87. The summed E-state index contributed by atoms with van der Waals surface area (Å²) in [6, 6.07) is 0.257. The van der Waals surface area contributed by atoms with Crippen LogP contribution < -0.4 is 10.6 Å². The summed E-state index contributed by atoms with van der Waals surface area (Å²) in [7, 11) is -2.89. The van der Waals surface area contributed by atoms with Crippen molar-refractivity contribution in [1.82, 2.24) is 10.6 Å². The first-order valence-electron chi connectivity index (χ1n) is 9.18. The van der Waals surface area contributed by atoms with Gasteiger partial charge in [-0.3, -0.25) is 4.99 Å². The average molecular weight is 360 g/mol. The summed E-state index contributed by atoms with van der Waals surface area (Å²) in [6.07, 6.45) is 4.14. The second-order valence-corrected chi connectivity index (χ2v) is 9.76. The molecule has 0 aromatic heterocycles. The number of hydrogen-bond acceptors (Lipinski definition) is 4. The Morgan fingerprint density at radius 2 is 2.04 bits per heavy atom. The number of nitrogens with zero attached hydrogens (tertiary/aromatic N) is 1. The van der Waals surface area contributed by atoms with Crippen LogP contribution in [0.5, 0.6) is 0 Å². The number of hydrogen-bond donors (Lipinski definition) is 2. The van der Waals surface area contributed by atoms with Crippen molar-refractivity contribution in [2.75, 3.05) is 24.7 Å². The van der Waals surface area contributed by atoms with E-state index in [0.29, 0.717) is 19.0 Å². The molecule has 2 N–H and O–H groups in total. The van der Waals surface area contributed by atoms with Gasteiger partial charge in [-0.1, -0.05) is 27.2 Å². The van der Waals surface area contributed by atoms with Gasteiger partial charge in [-0.15, -0.1) is 0 Å². The van der Waals surface area contributed by atoms with Crippen LogP contribution in [0.15, 0.2) is 4.99 Å². The molecule has 2 rings (SSSR count). The van der Waals surface area contributed by atoms with E-state index in [1.807, 2.05) is 6.92 Å². The molecule has 0 aromatic carbocycles. The quantitative estimate of drug-likeness (QED) is 0.411. The number of ether oxygens (including phenoxy) is 1. The molecule has 0 bridgehead atoms. The van der Waals surface area contributed by atoms with Gasteiger partial charge in [0.2, 0.25) is 0 Å². The van der Waals surface area contributed by atoms with E-state index in [-0.39, 0.29) is 29.1 Å². The zero-order valence-corrected chi connectivity index (χ0v) is 16.3. The lowest BCUT2D eigenvalue weighted by molar-refractivity contribution is -0.113. The van der Waals surface area contributed by atoms with Gasteiger partial charge in [0, 0.05) is 30.7 Å². The van der Waals surface area contributed by atoms with Crippen LogP contribution in [0.3, 0.4) is 0 Å². The van der Waals surface area contributed by atoms with Gasteiger partial charge in [-0.2, -0.15) is 0 Å². The Bertz CT molecular complexity index is 545. The molecule has 1 saturated heterocycles. The molecule has 1 aliphatic heterocycles. The van der Waals surface area contributed by atoms with Gasteiger partial charge in [0.1, 0.15) is 0 Å². The second kappa shape index (κ2) is 8.04. The first-order valence-corrected chi connectivity index (χ1v) is 11.0. The molecule has 1 heterocycles. The van der Waals surface area contributed by atoms with Crippen molar-refractivity contribution in [2.45, 2.75) is 71.6 Å². The maximum atomic E-state index is 11.6. The monoisotopic (exact) mass is 359 g/mol. The Hall–Kier alpha value is -0.820. The second-order valence-electron chi connectivity index (χ2n) is 7.53. The number of rotatable bonds is 7. The third-order valence-corrected chi connectivity index (χ3v) is 6.96. The van der Waals surface area contributed by atoms with Crippen molar-refractivity contribution in [3.05, 3.63) is 0 Å². The summed E-state index contributed by atoms with van der Waals surface area (Å²) >= 11 is 0. The molecule has 0 amide bonds. The molecule has 7 heteroatoms. The fraction of sp³-hybridized carbons (Fsp3) is 0.941. The van der Waals surface area contributed by atoms with Gasteiger partial charge in [0.05, 0.1) is 17.6 Å². The van der Waals surface area contributed by atoms with Crippen LogP contribution in [0, 0.1) is 5.41 Å². The highest BCUT2D eigenvalue weighted by Crippen LogP contribution is 2.42. The maximum absolute atomic E-state index is 11.6. The SMILES string of the molecule is CCCCOC1CC(NC(=NCC)NC2CCS(=O)(=O)C2)C1(C)C. The van der Waals surface area contributed by atoms with Crippen molar-refractivity contribution >= 4 is 15.8 Å². The Morgan fingerprint density at radius 3 is 2.58 bits per heavy atom. The van der Waals surface area contributed by atoms with Gasteiger partial charge >= 0.3 is 0 Å². The maximum Gasteiger partial charge on any atom is 0.191 e. The first-order chi connectivity index (χ1) is 11.3. The fourth-order valence-electron chi connectivity index (χ4n) is 3.34. The van der Waals surface area contributed by atoms with E-state index in [0.717, 1.165) is 31.8 Å². The van der Waals surface area contributed by atoms with Gasteiger partial charge in [0.15, 0.2) is 15.8 Å². The third kappa shape index (κ3) is 4.85. The highest BCUT2D eigenvalue weighted by atomic mass is 32.2. The van der Waals surface area contributed by atoms with Gasteiger partial charge in [0.25, 0.3) is 0 Å². The summed E-state index contributed by atoms with van der Waals surface area (Å²) < 4.78 is 29.2. The lowest BCUT2D eigenvalue weighted by Gasteiger charge is -2.52.